The van der Waals surface area contributed by atoms with Gasteiger partial charge in [-0.15, -0.1) is 10.2 Å². The van der Waals surface area contributed by atoms with Crippen LogP contribution in [0.25, 0.3) is 16.6 Å². The molecular weight excluding hydrogens is 368 g/mol. The van der Waals surface area contributed by atoms with E-state index in [1.165, 1.54) is 11.8 Å². The Morgan fingerprint density at radius 1 is 1.08 bits per heavy atom. The van der Waals surface area contributed by atoms with Crippen LogP contribution in [0.2, 0.25) is 5.02 Å². The number of halogens is 1. The SMILES string of the molecule is CC(Sc1nnc2ccc3ccccc3n12)C(=O)Nc1ccccc1Cl. The average Bonchev–Trinajstić information content (AvgIpc) is 3.07. The highest BCUT2D eigenvalue weighted by atomic mass is 35.5. The fraction of sp³-hybridized carbons (Fsp3) is 0.105. The number of fused-ring (bicyclic) bond motifs is 3. The molecule has 1 amide bonds. The van der Waals surface area contributed by atoms with Crippen LogP contribution in [-0.4, -0.2) is 25.8 Å². The molecule has 4 rings (SSSR count). The number of benzene rings is 2. The van der Waals surface area contributed by atoms with Gasteiger partial charge in [-0.1, -0.05) is 53.7 Å². The van der Waals surface area contributed by atoms with Gasteiger partial charge < -0.3 is 5.32 Å². The smallest absolute Gasteiger partial charge is 0.237 e. The lowest BCUT2D eigenvalue weighted by Crippen LogP contribution is -2.22. The molecule has 0 spiro atoms. The number of carbonyl (C=O) groups is 1. The summed E-state index contributed by atoms with van der Waals surface area (Å²) in [5.41, 5.74) is 2.37. The first-order valence-electron chi connectivity index (χ1n) is 8.08. The Morgan fingerprint density at radius 2 is 1.85 bits per heavy atom. The fourth-order valence-electron chi connectivity index (χ4n) is 2.70. The Morgan fingerprint density at radius 3 is 2.69 bits per heavy atom. The Balaban J connectivity index is 1.61. The highest BCUT2D eigenvalue weighted by Crippen LogP contribution is 2.27. The topological polar surface area (TPSA) is 59.3 Å². The third kappa shape index (κ3) is 3.13. The van der Waals surface area contributed by atoms with Crippen LogP contribution in [0, 0.1) is 0 Å². The van der Waals surface area contributed by atoms with Crippen LogP contribution in [0.5, 0.6) is 0 Å². The number of pyridine rings is 1. The van der Waals surface area contributed by atoms with E-state index in [-0.39, 0.29) is 11.2 Å². The number of rotatable bonds is 4. The molecule has 26 heavy (non-hydrogen) atoms. The van der Waals surface area contributed by atoms with Crippen molar-refractivity contribution in [2.75, 3.05) is 5.32 Å². The highest BCUT2D eigenvalue weighted by Gasteiger charge is 2.19. The lowest BCUT2D eigenvalue weighted by Gasteiger charge is -2.12. The molecule has 1 atom stereocenters. The number of hydrogen-bond donors (Lipinski definition) is 1. The van der Waals surface area contributed by atoms with Crippen LogP contribution >= 0.6 is 23.4 Å². The number of anilines is 1. The standard InChI is InChI=1S/C19H15ClN4OS/c1-12(18(25)21-15-8-4-3-7-14(15)20)26-19-23-22-17-11-10-13-6-2-5-9-16(13)24(17)19/h2-12H,1H3,(H,21,25). The maximum Gasteiger partial charge on any atom is 0.237 e. The Labute approximate surface area is 159 Å². The molecule has 130 valence electrons. The van der Waals surface area contributed by atoms with E-state index in [1.807, 2.05) is 59.9 Å². The molecule has 7 heteroatoms. The molecular formula is C19H15ClN4OS. The van der Waals surface area contributed by atoms with Crippen molar-refractivity contribution >= 4 is 51.5 Å². The zero-order valence-electron chi connectivity index (χ0n) is 13.9. The predicted octanol–water partition coefficient (Wildman–Crippen LogP) is 4.66. The van der Waals surface area contributed by atoms with Crippen LogP contribution < -0.4 is 5.32 Å². The highest BCUT2D eigenvalue weighted by molar-refractivity contribution is 8.00. The number of nitrogens with zero attached hydrogens (tertiary/aromatic N) is 3. The van der Waals surface area contributed by atoms with Crippen molar-refractivity contribution in [2.45, 2.75) is 17.3 Å². The molecule has 5 nitrogen and oxygen atoms in total. The third-order valence-corrected chi connectivity index (χ3v) is 5.40. The first-order valence-corrected chi connectivity index (χ1v) is 9.34. The zero-order valence-corrected chi connectivity index (χ0v) is 15.5. The number of carbonyl (C=O) groups excluding carboxylic acids is 1. The molecule has 0 saturated heterocycles. The zero-order chi connectivity index (χ0) is 18.1. The third-order valence-electron chi connectivity index (χ3n) is 4.03. The van der Waals surface area contributed by atoms with Gasteiger partial charge in [0.15, 0.2) is 10.8 Å². The van der Waals surface area contributed by atoms with Gasteiger partial charge in [-0.3, -0.25) is 9.20 Å². The van der Waals surface area contributed by atoms with E-state index in [0.29, 0.717) is 15.9 Å². The molecule has 0 bridgehead atoms. The normalized spacial score (nSPS) is 12.4. The molecule has 2 aromatic heterocycles. The summed E-state index contributed by atoms with van der Waals surface area (Å²) < 4.78 is 1.97. The molecule has 0 saturated carbocycles. The van der Waals surface area contributed by atoms with Gasteiger partial charge in [0.1, 0.15) is 0 Å². The van der Waals surface area contributed by atoms with E-state index < -0.39 is 0 Å². The second-order valence-electron chi connectivity index (χ2n) is 5.80. The van der Waals surface area contributed by atoms with Crippen LogP contribution in [0.1, 0.15) is 6.92 Å². The lowest BCUT2D eigenvalue weighted by molar-refractivity contribution is -0.115. The lowest BCUT2D eigenvalue weighted by atomic mass is 10.2. The molecule has 4 aromatic rings. The minimum absolute atomic E-state index is 0.139. The van der Waals surface area contributed by atoms with Crippen molar-refractivity contribution in [3.8, 4) is 0 Å². The summed E-state index contributed by atoms with van der Waals surface area (Å²) in [5.74, 6) is -0.139. The van der Waals surface area contributed by atoms with Crippen LogP contribution in [0.3, 0.4) is 0 Å². The van der Waals surface area contributed by atoms with Crippen LogP contribution in [0.15, 0.2) is 65.8 Å². The van der Waals surface area contributed by atoms with Gasteiger partial charge in [0.2, 0.25) is 5.91 Å². The summed E-state index contributed by atoms with van der Waals surface area (Å²) in [6.45, 7) is 1.84. The van der Waals surface area contributed by atoms with Gasteiger partial charge in [0, 0.05) is 0 Å². The molecule has 1 unspecified atom stereocenters. The molecule has 1 N–H and O–H groups in total. The summed E-state index contributed by atoms with van der Waals surface area (Å²) in [5, 5.41) is 13.3. The van der Waals surface area contributed by atoms with E-state index in [2.05, 4.69) is 15.5 Å². The Bertz CT molecular complexity index is 1110. The van der Waals surface area contributed by atoms with E-state index in [9.17, 15) is 4.79 Å². The van der Waals surface area contributed by atoms with E-state index >= 15 is 0 Å². The summed E-state index contributed by atoms with van der Waals surface area (Å²) in [7, 11) is 0. The maximum absolute atomic E-state index is 12.5. The van der Waals surface area contributed by atoms with E-state index in [4.69, 9.17) is 11.6 Å². The molecule has 0 radical (unpaired) electrons. The maximum atomic E-state index is 12.5. The number of nitrogens with one attached hydrogen (secondary N) is 1. The fourth-order valence-corrected chi connectivity index (χ4v) is 3.75. The quantitative estimate of drug-likeness (QED) is 0.522. The summed E-state index contributed by atoms with van der Waals surface area (Å²) in [4.78, 5) is 12.5. The Kier molecular flexibility index (Phi) is 4.53. The largest absolute Gasteiger partial charge is 0.324 e. The van der Waals surface area contributed by atoms with Gasteiger partial charge in [0.25, 0.3) is 0 Å². The van der Waals surface area contributed by atoms with Crippen molar-refractivity contribution < 1.29 is 4.79 Å². The first-order chi connectivity index (χ1) is 12.6. The van der Waals surface area contributed by atoms with Gasteiger partial charge in [-0.2, -0.15) is 0 Å². The molecule has 0 aliphatic rings. The number of hydrogen-bond acceptors (Lipinski definition) is 4. The number of thioether (sulfide) groups is 1. The number of para-hydroxylation sites is 2. The average molecular weight is 383 g/mol. The molecule has 0 aliphatic heterocycles. The molecule has 0 fully saturated rings. The second-order valence-corrected chi connectivity index (χ2v) is 7.51. The molecule has 0 aliphatic carbocycles. The van der Waals surface area contributed by atoms with Gasteiger partial charge >= 0.3 is 0 Å². The number of amides is 1. The van der Waals surface area contributed by atoms with Gasteiger partial charge in [-0.25, -0.2) is 0 Å². The van der Waals surface area contributed by atoms with Crippen molar-refractivity contribution in [3.63, 3.8) is 0 Å². The van der Waals surface area contributed by atoms with Crippen molar-refractivity contribution in [3.05, 3.63) is 65.7 Å². The van der Waals surface area contributed by atoms with E-state index in [0.717, 1.165) is 16.6 Å². The van der Waals surface area contributed by atoms with Gasteiger partial charge in [-0.05, 0) is 42.6 Å². The second kappa shape index (κ2) is 6.97. The Hall–Kier alpha value is -2.57. The minimum Gasteiger partial charge on any atom is -0.324 e. The predicted molar refractivity (Wildman–Crippen MR) is 106 cm³/mol. The minimum atomic E-state index is -0.363. The molecule has 2 aromatic carbocycles. The summed E-state index contributed by atoms with van der Waals surface area (Å²) in [6.07, 6.45) is 0. The van der Waals surface area contributed by atoms with Crippen molar-refractivity contribution in [2.24, 2.45) is 0 Å². The summed E-state index contributed by atoms with van der Waals surface area (Å²) >= 11 is 7.47. The van der Waals surface area contributed by atoms with Crippen molar-refractivity contribution in [1.82, 2.24) is 14.6 Å². The molecule has 2 heterocycles. The summed E-state index contributed by atoms with van der Waals surface area (Å²) in [6, 6.07) is 19.1. The first kappa shape index (κ1) is 16.9. The van der Waals surface area contributed by atoms with Crippen molar-refractivity contribution in [1.29, 1.82) is 0 Å². The number of aromatic nitrogens is 3. The van der Waals surface area contributed by atoms with E-state index in [1.54, 1.807) is 12.1 Å². The van der Waals surface area contributed by atoms with Crippen LogP contribution in [0.4, 0.5) is 5.69 Å². The monoisotopic (exact) mass is 382 g/mol. The van der Waals surface area contributed by atoms with Gasteiger partial charge in [0.05, 0.1) is 21.5 Å². The van der Waals surface area contributed by atoms with Crippen LogP contribution in [-0.2, 0) is 4.79 Å².